The second-order valence-corrected chi connectivity index (χ2v) is 9.05. The number of carbonyl (C=O) groups is 1. The quantitative estimate of drug-likeness (QED) is 0.760. The zero-order valence-corrected chi connectivity index (χ0v) is 16.2. The van der Waals surface area contributed by atoms with Crippen molar-refractivity contribution in [2.24, 2.45) is 5.73 Å². The fraction of sp³-hybridized carbons (Fsp3) is 0.278. The minimum Gasteiger partial charge on any atom is -0.465 e. The molecule has 3 atom stereocenters. The van der Waals surface area contributed by atoms with E-state index in [1.54, 1.807) is 31.2 Å². The lowest BCUT2D eigenvalue weighted by molar-refractivity contribution is -0.145. The number of hydrogen-bond acceptors (Lipinski definition) is 5. The number of benzene rings is 2. The van der Waals surface area contributed by atoms with Crippen LogP contribution in [0.5, 0.6) is 0 Å². The number of ether oxygens (including phenoxy) is 1. The van der Waals surface area contributed by atoms with Crippen molar-refractivity contribution < 1.29 is 17.9 Å². The average Bonchev–Trinajstić information content (AvgIpc) is 3.24. The van der Waals surface area contributed by atoms with Gasteiger partial charge in [0.1, 0.15) is 10.8 Å². The summed E-state index contributed by atoms with van der Waals surface area (Å²) in [6.07, 6.45) is 0. The molecule has 0 bridgehead atoms. The summed E-state index contributed by atoms with van der Waals surface area (Å²) in [4.78, 5) is 12.5. The number of hydrogen-bond donors (Lipinski definition) is 1. The van der Waals surface area contributed by atoms with E-state index in [0.717, 1.165) is 0 Å². The Balaban J connectivity index is 2.07. The van der Waals surface area contributed by atoms with Gasteiger partial charge in [0.25, 0.3) is 0 Å². The maximum atomic E-state index is 13.1. The predicted molar refractivity (Wildman–Crippen MR) is 100 cm³/mol. The van der Waals surface area contributed by atoms with Gasteiger partial charge in [-0.3, -0.25) is 0 Å². The molecule has 0 unspecified atom stereocenters. The van der Waals surface area contributed by atoms with Crippen molar-refractivity contribution in [2.45, 2.75) is 28.5 Å². The Kier molecular flexibility index (Phi) is 5.05. The van der Waals surface area contributed by atoms with Gasteiger partial charge in [-0.1, -0.05) is 35.3 Å². The number of rotatable bonds is 5. The monoisotopic (exact) mass is 413 g/mol. The summed E-state index contributed by atoms with van der Waals surface area (Å²) in [6, 6.07) is 12.4. The molecule has 0 heterocycles. The van der Waals surface area contributed by atoms with Crippen LogP contribution < -0.4 is 5.73 Å². The minimum atomic E-state index is -3.89. The summed E-state index contributed by atoms with van der Waals surface area (Å²) in [5, 5.41) is -0.299. The number of nitrogens with two attached hydrogens (primary N) is 1. The highest BCUT2D eigenvalue weighted by atomic mass is 35.5. The molecule has 0 aromatic heterocycles. The van der Waals surface area contributed by atoms with Gasteiger partial charge in [0, 0.05) is 16.0 Å². The Morgan fingerprint density at radius 1 is 1.15 bits per heavy atom. The van der Waals surface area contributed by atoms with E-state index in [4.69, 9.17) is 33.7 Å². The van der Waals surface area contributed by atoms with E-state index in [9.17, 15) is 13.2 Å². The van der Waals surface area contributed by atoms with E-state index in [-0.39, 0.29) is 11.5 Å². The van der Waals surface area contributed by atoms with E-state index >= 15 is 0 Å². The van der Waals surface area contributed by atoms with Crippen LogP contribution in [0.4, 0.5) is 0 Å². The first-order valence-electron chi connectivity index (χ1n) is 7.94. The van der Waals surface area contributed by atoms with Gasteiger partial charge in [0.15, 0.2) is 9.84 Å². The van der Waals surface area contributed by atoms with Crippen molar-refractivity contribution in [3.63, 3.8) is 0 Å². The third-order valence-electron chi connectivity index (χ3n) is 4.49. The zero-order valence-electron chi connectivity index (χ0n) is 13.9. The molecule has 5 nitrogen and oxygen atoms in total. The van der Waals surface area contributed by atoms with Gasteiger partial charge in [-0.15, -0.1) is 0 Å². The van der Waals surface area contributed by atoms with Gasteiger partial charge in [0.2, 0.25) is 0 Å². The van der Waals surface area contributed by atoms with Crippen molar-refractivity contribution in [3.8, 4) is 0 Å². The second-order valence-electron chi connectivity index (χ2n) is 6.11. The highest BCUT2D eigenvalue weighted by Crippen LogP contribution is 2.56. The molecule has 2 N–H and O–H groups in total. The van der Waals surface area contributed by atoms with Crippen LogP contribution in [0, 0.1) is 0 Å². The third kappa shape index (κ3) is 3.11. The van der Waals surface area contributed by atoms with E-state index in [1.165, 1.54) is 24.3 Å². The summed E-state index contributed by atoms with van der Waals surface area (Å²) in [7, 11) is -3.89. The Morgan fingerprint density at radius 2 is 1.81 bits per heavy atom. The lowest BCUT2D eigenvalue weighted by Crippen LogP contribution is -2.41. The maximum Gasteiger partial charge on any atom is 0.328 e. The molecule has 0 saturated heterocycles. The van der Waals surface area contributed by atoms with Gasteiger partial charge in [0.05, 0.1) is 11.5 Å². The van der Waals surface area contributed by atoms with Crippen LogP contribution in [0.2, 0.25) is 10.0 Å². The molecular weight excluding hydrogens is 397 g/mol. The molecule has 1 aliphatic rings. The predicted octanol–water partition coefficient (Wildman–Crippen LogP) is 3.19. The average molecular weight is 414 g/mol. The summed E-state index contributed by atoms with van der Waals surface area (Å²) in [6.45, 7) is 1.74. The highest BCUT2D eigenvalue weighted by molar-refractivity contribution is 7.92. The van der Waals surface area contributed by atoms with Gasteiger partial charge in [-0.25, -0.2) is 13.2 Å². The van der Waals surface area contributed by atoms with Crippen LogP contribution >= 0.6 is 23.2 Å². The first-order valence-corrected chi connectivity index (χ1v) is 10.2. The van der Waals surface area contributed by atoms with Crippen LogP contribution in [0.25, 0.3) is 0 Å². The SMILES string of the molecule is CCOC(=O)[C@]1(N)[C@H](c2cccc(Cl)c2)[C@H]1S(=O)(=O)c1ccc(Cl)cc1. The lowest BCUT2D eigenvalue weighted by atomic mass is 10.1. The van der Waals surface area contributed by atoms with E-state index < -0.39 is 32.5 Å². The summed E-state index contributed by atoms with van der Waals surface area (Å²) in [5.74, 6) is -1.49. The van der Waals surface area contributed by atoms with Crippen molar-refractivity contribution in [1.29, 1.82) is 0 Å². The molecule has 8 heteroatoms. The van der Waals surface area contributed by atoms with Gasteiger partial charge >= 0.3 is 5.97 Å². The van der Waals surface area contributed by atoms with E-state index in [2.05, 4.69) is 0 Å². The van der Waals surface area contributed by atoms with Crippen LogP contribution in [-0.4, -0.2) is 31.8 Å². The fourth-order valence-electron chi connectivity index (χ4n) is 3.23. The number of sulfone groups is 1. The zero-order chi connectivity index (χ0) is 19.1. The molecule has 26 heavy (non-hydrogen) atoms. The highest BCUT2D eigenvalue weighted by Gasteiger charge is 2.74. The fourth-order valence-corrected chi connectivity index (χ4v) is 5.78. The Hall–Kier alpha value is -1.60. The molecule has 3 rings (SSSR count). The number of esters is 1. The van der Waals surface area contributed by atoms with Crippen LogP contribution in [0.1, 0.15) is 18.4 Å². The molecule has 1 fully saturated rings. The summed E-state index contributed by atoms with van der Waals surface area (Å²) in [5.41, 5.74) is 5.19. The molecule has 2 aromatic rings. The number of carbonyl (C=O) groups excluding carboxylic acids is 1. The van der Waals surface area contributed by atoms with E-state index in [0.29, 0.717) is 15.6 Å². The topological polar surface area (TPSA) is 86.5 Å². The van der Waals surface area contributed by atoms with Crippen molar-refractivity contribution >= 4 is 39.0 Å². The molecule has 0 spiro atoms. The summed E-state index contributed by atoms with van der Waals surface area (Å²) < 4.78 is 31.3. The lowest BCUT2D eigenvalue weighted by Gasteiger charge is -2.11. The van der Waals surface area contributed by atoms with Gasteiger partial charge < -0.3 is 10.5 Å². The molecule has 0 aliphatic heterocycles. The molecular formula is C18H17Cl2NO4S. The van der Waals surface area contributed by atoms with Crippen molar-refractivity contribution in [3.05, 3.63) is 64.1 Å². The van der Waals surface area contributed by atoms with Crippen LogP contribution in [-0.2, 0) is 19.4 Å². The normalized spacial score (nSPS) is 24.9. The van der Waals surface area contributed by atoms with Crippen molar-refractivity contribution in [2.75, 3.05) is 6.61 Å². The summed E-state index contributed by atoms with van der Waals surface area (Å²) >= 11 is 11.9. The molecule has 2 aromatic carbocycles. The first-order chi connectivity index (χ1) is 12.2. The van der Waals surface area contributed by atoms with Gasteiger partial charge in [-0.2, -0.15) is 0 Å². The Bertz CT molecular complexity index is 946. The minimum absolute atomic E-state index is 0.0514. The molecule has 138 valence electrons. The Labute approximate surface area is 162 Å². The first kappa shape index (κ1) is 19.2. The molecule has 0 radical (unpaired) electrons. The third-order valence-corrected chi connectivity index (χ3v) is 7.24. The standard InChI is InChI=1S/C18H17Cl2NO4S/c1-2-25-17(22)18(21)15(11-4-3-5-13(20)10-11)16(18)26(23,24)14-8-6-12(19)7-9-14/h3-10,15-16H,2,21H2,1H3/t15-,16-,18+/m1/s1. The van der Waals surface area contributed by atoms with Crippen molar-refractivity contribution in [1.82, 2.24) is 0 Å². The van der Waals surface area contributed by atoms with E-state index in [1.807, 2.05) is 0 Å². The van der Waals surface area contributed by atoms with Crippen LogP contribution in [0.15, 0.2) is 53.4 Å². The molecule has 0 amide bonds. The maximum absolute atomic E-state index is 13.1. The number of halogens is 2. The van der Waals surface area contributed by atoms with Crippen LogP contribution in [0.3, 0.4) is 0 Å². The Morgan fingerprint density at radius 3 is 2.38 bits per heavy atom. The smallest absolute Gasteiger partial charge is 0.328 e. The second kappa shape index (κ2) is 6.85. The van der Waals surface area contributed by atoms with Gasteiger partial charge in [-0.05, 0) is 48.9 Å². The molecule has 1 saturated carbocycles. The largest absolute Gasteiger partial charge is 0.465 e. The molecule has 1 aliphatic carbocycles.